The minimum atomic E-state index is 0.535. The Morgan fingerprint density at radius 1 is 1.20 bits per heavy atom. The van der Waals surface area contributed by atoms with E-state index in [2.05, 4.69) is 29.2 Å². The van der Waals surface area contributed by atoms with Crippen molar-refractivity contribution in [3.63, 3.8) is 0 Å². The second kappa shape index (κ2) is 7.39. The summed E-state index contributed by atoms with van der Waals surface area (Å²) in [5.41, 5.74) is 1.06. The lowest BCUT2D eigenvalue weighted by Gasteiger charge is -2.03. The number of hydrogen-bond donors (Lipinski definition) is 0. The zero-order valence-corrected chi connectivity index (χ0v) is 15.1. The van der Waals surface area contributed by atoms with E-state index in [9.17, 15) is 0 Å². The van der Waals surface area contributed by atoms with E-state index in [0.717, 1.165) is 41.8 Å². The lowest BCUT2D eigenvalue weighted by Crippen LogP contribution is -2.01. The highest BCUT2D eigenvalue weighted by Crippen LogP contribution is 2.40. The van der Waals surface area contributed by atoms with Crippen molar-refractivity contribution < 1.29 is 4.52 Å². The number of unbranched alkanes of at least 4 members (excludes halogenated alkanes) is 1. The van der Waals surface area contributed by atoms with Gasteiger partial charge in [0.05, 0.1) is 11.4 Å². The molecule has 0 unspecified atom stereocenters. The van der Waals surface area contributed by atoms with Crippen molar-refractivity contribution in [2.24, 2.45) is 0 Å². The summed E-state index contributed by atoms with van der Waals surface area (Å²) >= 11 is 1.56. The summed E-state index contributed by atoms with van der Waals surface area (Å²) in [5, 5.41) is 9.51. The fraction of sp³-hybridized carbons (Fsp3) is 0.444. The third kappa shape index (κ3) is 3.92. The average molecular weight is 355 g/mol. The van der Waals surface area contributed by atoms with Gasteiger partial charge >= 0.3 is 0 Å². The third-order valence-electron chi connectivity index (χ3n) is 4.14. The highest BCUT2D eigenvalue weighted by molar-refractivity contribution is 7.98. The molecule has 7 heteroatoms. The minimum absolute atomic E-state index is 0.535. The molecule has 0 amide bonds. The quantitative estimate of drug-likeness (QED) is 0.565. The molecule has 4 rings (SSSR count). The van der Waals surface area contributed by atoms with E-state index in [1.807, 2.05) is 22.9 Å². The van der Waals surface area contributed by atoms with Crippen LogP contribution in [0.15, 0.2) is 40.0 Å². The normalized spacial score (nSPS) is 14.1. The van der Waals surface area contributed by atoms with Gasteiger partial charge in [0.2, 0.25) is 11.0 Å². The lowest BCUT2D eigenvalue weighted by molar-refractivity contribution is 0.371. The van der Waals surface area contributed by atoms with Crippen molar-refractivity contribution in [1.29, 1.82) is 0 Å². The predicted octanol–water partition coefficient (Wildman–Crippen LogP) is 4.16. The molecule has 0 spiro atoms. The van der Waals surface area contributed by atoms with Crippen LogP contribution in [0, 0.1) is 0 Å². The highest BCUT2D eigenvalue weighted by atomic mass is 32.2. The van der Waals surface area contributed by atoms with Crippen molar-refractivity contribution in [3.05, 3.63) is 47.9 Å². The van der Waals surface area contributed by atoms with E-state index in [1.54, 1.807) is 11.8 Å². The molecule has 0 atom stereocenters. The zero-order chi connectivity index (χ0) is 17.1. The van der Waals surface area contributed by atoms with E-state index >= 15 is 0 Å². The molecule has 1 saturated carbocycles. The second-order valence-corrected chi connectivity index (χ2v) is 7.21. The summed E-state index contributed by atoms with van der Waals surface area (Å²) in [6.45, 7) is 2.15. The Labute approximate surface area is 151 Å². The van der Waals surface area contributed by atoms with Gasteiger partial charge < -0.3 is 4.52 Å². The molecule has 0 N–H and O–H groups in total. The van der Waals surface area contributed by atoms with Gasteiger partial charge in [-0.3, -0.25) is 0 Å². The van der Waals surface area contributed by atoms with Gasteiger partial charge in [0, 0.05) is 12.3 Å². The lowest BCUT2D eigenvalue weighted by atomic mass is 10.2. The molecule has 0 aliphatic heterocycles. The Hall–Kier alpha value is -2.15. The number of benzene rings is 1. The number of thioether (sulfide) groups is 1. The van der Waals surface area contributed by atoms with Crippen molar-refractivity contribution in [1.82, 2.24) is 24.9 Å². The molecular weight excluding hydrogens is 334 g/mol. The standard InChI is InChI=1S/C18H21N5OS/c1-2-3-9-16-19-15(22-24-16)12-25-18-20-17(13-10-11-13)23(21-18)14-7-5-4-6-8-14/h4-8,13H,2-3,9-12H2,1H3. The number of hydrogen-bond acceptors (Lipinski definition) is 6. The van der Waals surface area contributed by atoms with Crippen molar-refractivity contribution in [3.8, 4) is 5.69 Å². The Morgan fingerprint density at radius 2 is 2.04 bits per heavy atom. The fourth-order valence-electron chi connectivity index (χ4n) is 2.64. The number of nitrogens with zero attached hydrogens (tertiary/aromatic N) is 5. The molecule has 1 fully saturated rings. The first-order valence-electron chi connectivity index (χ1n) is 8.80. The summed E-state index contributed by atoms with van der Waals surface area (Å²) in [7, 11) is 0. The van der Waals surface area contributed by atoms with Gasteiger partial charge in [0.25, 0.3) is 0 Å². The summed E-state index contributed by atoms with van der Waals surface area (Å²) in [6, 6.07) is 10.2. The van der Waals surface area contributed by atoms with Crippen LogP contribution in [0.25, 0.3) is 5.69 Å². The monoisotopic (exact) mass is 355 g/mol. The van der Waals surface area contributed by atoms with Crippen LogP contribution in [0.3, 0.4) is 0 Å². The molecule has 1 aliphatic carbocycles. The molecule has 0 saturated heterocycles. The summed E-state index contributed by atoms with van der Waals surface area (Å²) in [4.78, 5) is 9.19. The molecule has 6 nitrogen and oxygen atoms in total. The van der Waals surface area contributed by atoms with Crippen LogP contribution in [-0.2, 0) is 12.2 Å². The average Bonchev–Trinajstić information content (AvgIpc) is 3.25. The van der Waals surface area contributed by atoms with E-state index in [4.69, 9.17) is 14.6 Å². The van der Waals surface area contributed by atoms with Crippen molar-refractivity contribution in [2.45, 2.75) is 55.9 Å². The first-order chi connectivity index (χ1) is 12.3. The van der Waals surface area contributed by atoms with Gasteiger partial charge in [0.1, 0.15) is 5.82 Å². The van der Waals surface area contributed by atoms with E-state index in [0.29, 0.717) is 17.5 Å². The fourth-order valence-corrected chi connectivity index (χ4v) is 3.31. The molecule has 2 heterocycles. The molecule has 0 radical (unpaired) electrons. The molecule has 2 aromatic heterocycles. The van der Waals surface area contributed by atoms with Crippen LogP contribution in [-0.4, -0.2) is 24.9 Å². The maximum atomic E-state index is 5.28. The first-order valence-corrected chi connectivity index (χ1v) is 9.78. The molecule has 25 heavy (non-hydrogen) atoms. The number of rotatable bonds is 8. The number of aromatic nitrogens is 5. The van der Waals surface area contributed by atoms with Gasteiger partial charge in [-0.05, 0) is 31.4 Å². The second-order valence-electron chi connectivity index (χ2n) is 6.27. The predicted molar refractivity (Wildman–Crippen MR) is 95.8 cm³/mol. The largest absolute Gasteiger partial charge is 0.339 e. The van der Waals surface area contributed by atoms with Gasteiger partial charge in [-0.2, -0.15) is 4.98 Å². The van der Waals surface area contributed by atoms with Crippen LogP contribution in [0.4, 0.5) is 0 Å². The Kier molecular flexibility index (Phi) is 4.83. The van der Waals surface area contributed by atoms with Crippen LogP contribution in [0.5, 0.6) is 0 Å². The SMILES string of the molecule is CCCCc1nc(CSc2nc(C3CC3)n(-c3ccccc3)n2)no1. The molecule has 3 aromatic rings. The van der Waals surface area contributed by atoms with E-state index in [1.165, 1.54) is 12.8 Å². The molecule has 1 aromatic carbocycles. The van der Waals surface area contributed by atoms with Crippen LogP contribution < -0.4 is 0 Å². The maximum Gasteiger partial charge on any atom is 0.226 e. The van der Waals surface area contributed by atoms with Gasteiger partial charge in [-0.25, -0.2) is 9.67 Å². The van der Waals surface area contributed by atoms with Crippen LogP contribution >= 0.6 is 11.8 Å². The molecule has 130 valence electrons. The van der Waals surface area contributed by atoms with Gasteiger partial charge in [0.15, 0.2) is 5.82 Å². The highest BCUT2D eigenvalue weighted by Gasteiger charge is 2.30. The van der Waals surface area contributed by atoms with E-state index in [-0.39, 0.29) is 0 Å². The Bertz CT molecular complexity index is 825. The third-order valence-corrected chi connectivity index (χ3v) is 4.97. The summed E-state index contributed by atoms with van der Waals surface area (Å²) in [5.74, 6) is 3.65. The smallest absolute Gasteiger partial charge is 0.226 e. The Morgan fingerprint density at radius 3 is 2.80 bits per heavy atom. The number of aryl methyl sites for hydroxylation is 1. The zero-order valence-electron chi connectivity index (χ0n) is 14.3. The number of para-hydroxylation sites is 1. The Balaban J connectivity index is 1.47. The minimum Gasteiger partial charge on any atom is -0.339 e. The van der Waals surface area contributed by atoms with Gasteiger partial charge in [-0.15, -0.1) is 5.10 Å². The maximum absolute atomic E-state index is 5.28. The molecule has 1 aliphatic rings. The summed E-state index contributed by atoms with van der Waals surface area (Å²) in [6.07, 6.45) is 5.43. The van der Waals surface area contributed by atoms with Crippen molar-refractivity contribution in [2.75, 3.05) is 0 Å². The van der Waals surface area contributed by atoms with Crippen LogP contribution in [0.2, 0.25) is 0 Å². The van der Waals surface area contributed by atoms with Gasteiger partial charge in [-0.1, -0.05) is 48.5 Å². The summed E-state index contributed by atoms with van der Waals surface area (Å²) < 4.78 is 7.26. The molecular formula is C18H21N5OS. The topological polar surface area (TPSA) is 69.6 Å². The van der Waals surface area contributed by atoms with Crippen LogP contribution in [0.1, 0.15) is 56.1 Å². The molecule has 0 bridgehead atoms. The van der Waals surface area contributed by atoms with E-state index < -0.39 is 0 Å². The first kappa shape index (κ1) is 16.3. The van der Waals surface area contributed by atoms with Crippen molar-refractivity contribution >= 4 is 11.8 Å².